The summed E-state index contributed by atoms with van der Waals surface area (Å²) in [5.41, 5.74) is 1.27. The number of carbonyl (C=O) groups is 1. The number of nitrogens with zero attached hydrogens (tertiary/aromatic N) is 2. The Labute approximate surface area is 143 Å². The van der Waals surface area contributed by atoms with Crippen LogP contribution >= 0.6 is 0 Å². The van der Waals surface area contributed by atoms with E-state index in [1.807, 2.05) is 0 Å². The molecule has 2 aliphatic heterocycles. The average molecular weight is 345 g/mol. The number of hydrogen-bond donors (Lipinski definition) is 2. The second kappa shape index (κ2) is 6.15. The van der Waals surface area contributed by atoms with E-state index in [0.717, 1.165) is 36.8 Å². The molecule has 1 atom stereocenters. The van der Waals surface area contributed by atoms with E-state index in [4.69, 9.17) is 5.11 Å². The molecule has 0 radical (unpaired) electrons. The van der Waals surface area contributed by atoms with Gasteiger partial charge < -0.3 is 19.9 Å². The zero-order valence-electron chi connectivity index (χ0n) is 13.7. The molecule has 1 aromatic carbocycles. The smallest absolute Gasteiger partial charge is 0.404 e. The van der Waals surface area contributed by atoms with Crippen molar-refractivity contribution in [3.8, 4) is 0 Å². The molecule has 2 aromatic rings. The Hall–Kier alpha value is -2.41. The fraction of sp³-hybridized carbons (Fsp3) is 0.444. The second-order valence-electron chi connectivity index (χ2n) is 6.90. The first-order valence-corrected chi connectivity index (χ1v) is 8.56. The van der Waals surface area contributed by atoms with Crippen LogP contribution in [0.15, 0.2) is 29.1 Å². The van der Waals surface area contributed by atoms with Gasteiger partial charge in [0, 0.05) is 49.8 Å². The minimum absolute atomic E-state index is 0.0164. The Morgan fingerprint density at radius 3 is 2.68 bits per heavy atom. The predicted octanol–water partition coefficient (Wildman–Crippen LogP) is 1.97. The third-order valence-electron chi connectivity index (χ3n) is 5.34. The molecular formula is C18H20FN3O3. The number of pyridine rings is 1. The van der Waals surface area contributed by atoms with Gasteiger partial charge in [-0.15, -0.1) is 0 Å². The van der Waals surface area contributed by atoms with Crippen molar-refractivity contribution in [1.82, 2.24) is 14.8 Å². The maximum Gasteiger partial charge on any atom is 0.404 e. The van der Waals surface area contributed by atoms with Gasteiger partial charge in [-0.3, -0.25) is 4.79 Å². The van der Waals surface area contributed by atoms with Crippen LogP contribution in [-0.2, 0) is 6.54 Å². The molecule has 1 saturated heterocycles. The minimum Gasteiger partial charge on any atom is -0.465 e. The first-order valence-electron chi connectivity index (χ1n) is 8.56. The second-order valence-corrected chi connectivity index (χ2v) is 6.90. The van der Waals surface area contributed by atoms with Crippen LogP contribution in [0.2, 0.25) is 0 Å². The third-order valence-corrected chi connectivity index (χ3v) is 5.34. The van der Waals surface area contributed by atoms with Gasteiger partial charge in [0.15, 0.2) is 0 Å². The van der Waals surface area contributed by atoms with Gasteiger partial charge >= 0.3 is 6.09 Å². The molecule has 3 heterocycles. The van der Waals surface area contributed by atoms with Gasteiger partial charge in [0.05, 0.1) is 5.52 Å². The number of piperidine rings is 1. The lowest BCUT2D eigenvalue weighted by molar-refractivity contribution is 0.163. The highest BCUT2D eigenvalue weighted by Crippen LogP contribution is 2.35. The van der Waals surface area contributed by atoms with Crippen LogP contribution in [0.25, 0.3) is 10.9 Å². The van der Waals surface area contributed by atoms with Crippen molar-refractivity contribution in [3.63, 3.8) is 0 Å². The normalized spacial score (nSPS) is 20.9. The summed E-state index contributed by atoms with van der Waals surface area (Å²) in [6.07, 6.45) is 0.509. The topological polar surface area (TPSA) is 74.6 Å². The van der Waals surface area contributed by atoms with Gasteiger partial charge in [-0.2, -0.15) is 0 Å². The van der Waals surface area contributed by atoms with Crippen LogP contribution in [0.1, 0.15) is 24.3 Å². The van der Waals surface area contributed by atoms with Crippen LogP contribution in [0.4, 0.5) is 9.18 Å². The van der Waals surface area contributed by atoms with E-state index in [1.165, 1.54) is 12.1 Å². The number of nitrogens with one attached hydrogen (secondary N) is 1. The molecule has 1 fully saturated rings. The summed E-state index contributed by atoms with van der Waals surface area (Å²) < 4.78 is 16.2. The molecule has 132 valence electrons. The van der Waals surface area contributed by atoms with Gasteiger partial charge in [-0.1, -0.05) is 0 Å². The SMILES string of the molecule is O=C(O)NC1CCN(CC2Cn3c(=O)ccc4ccc(F)c2c43)CC1. The molecular weight excluding hydrogens is 325 g/mol. The first-order chi connectivity index (χ1) is 12.0. The highest BCUT2D eigenvalue weighted by molar-refractivity contribution is 5.84. The lowest BCUT2D eigenvalue weighted by atomic mass is 9.97. The molecule has 6 nitrogen and oxygen atoms in total. The number of aromatic nitrogens is 1. The molecule has 1 aromatic heterocycles. The number of amides is 1. The van der Waals surface area contributed by atoms with Crippen molar-refractivity contribution in [1.29, 1.82) is 0 Å². The lowest BCUT2D eigenvalue weighted by Crippen LogP contribution is -2.45. The Balaban J connectivity index is 1.53. The Morgan fingerprint density at radius 2 is 1.96 bits per heavy atom. The molecule has 0 saturated carbocycles. The fourth-order valence-corrected chi connectivity index (χ4v) is 4.17. The first kappa shape index (κ1) is 16.1. The molecule has 2 N–H and O–H groups in total. The van der Waals surface area contributed by atoms with Crippen molar-refractivity contribution in [2.75, 3.05) is 19.6 Å². The highest BCUT2D eigenvalue weighted by atomic mass is 19.1. The van der Waals surface area contributed by atoms with E-state index in [0.29, 0.717) is 18.7 Å². The lowest BCUT2D eigenvalue weighted by Gasteiger charge is -2.33. The highest BCUT2D eigenvalue weighted by Gasteiger charge is 2.31. The minimum atomic E-state index is -0.988. The van der Waals surface area contributed by atoms with Crippen molar-refractivity contribution >= 4 is 17.0 Å². The fourth-order valence-electron chi connectivity index (χ4n) is 4.17. The van der Waals surface area contributed by atoms with Crippen molar-refractivity contribution < 1.29 is 14.3 Å². The maximum atomic E-state index is 14.5. The van der Waals surface area contributed by atoms with Crippen LogP contribution < -0.4 is 10.9 Å². The average Bonchev–Trinajstić information content (AvgIpc) is 2.96. The largest absolute Gasteiger partial charge is 0.465 e. The van der Waals surface area contributed by atoms with E-state index in [2.05, 4.69) is 10.2 Å². The molecule has 1 amide bonds. The van der Waals surface area contributed by atoms with E-state index >= 15 is 0 Å². The predicted molar refractivity (Wildman–Crippen MR) is 91.5 cm³/mol. The molecule has 7 heteroatoms. The van der Waals surface area contributed by atoms with Gasteiger partial charge in [-0.05, 0) is 36.4 Å². The van der Waals surface area contributed by atoms with Gasteiger partial charge in [-0.25, -0.2) is 9.18 Å². The van der Waals surface area contributed by atoms with E-state index in [9.17, 15) is 14.0 Å². The Bertz CT molecular complexity index is 887. The van der Waals surface area contributed by atoms with Gasteiger partial charge in [0.1, 0.15) is 5.82 Å². The zero-order valence-corrected chi connectivity index (χ0v) is 13.7. The summed E-state index contributed by atoms with van der Waals surface area (Å²) in [6, 6.07) is 6.47. The Kier molecular flexibility index (Phi) is 3.95. The summed E-state index contributed by atoms with van der Waals surface area (Å²) in [5, 5.41) is 12.2. The molecule has 4 rings (SSSR count). The number of rotatable bonds is 3. The number of benzene rings is 1. The van der Waals surface area contributed by atoms with Gasteiger partial charge in [0.2, 0.25) is 0 Å². The van der Waals surface area contributed by atoms with Crippen LogP contribution in [0.5, 0.6) is 0 Å². The van der Waals surface area contributed by atoms with Crippen LogP contribution in [-0.4, -0.2) is 46.3 Å². The van der Waals surface area contributed by atoms with Crippen LogP contribution in [0.3, 0.4) is 0 Å². The summed E-state index contributed by atoms with van der Waals surface area (Å²) in [4.78, 5) is 25.1. The number of halogens is 1. The summed E-state index contributed by atoms with van der Waals surface area (Å²) in [5.74, 6) is -0.306. The Morgan fingerprint density at radius 1 is 1.24 bits per heavy atom. The van der Waals surface area contributed by atoms with Crippen molar-refractivity contribution in [2.45, 2.75) is 31.3 Å². The molecule has 1 unspecified atom stereocenters. The zero-order chi connectivity index (χ0) is 17.6. The number of likely N-dealkylation sites (tertiary alicyclic amines) is 1. The van der Waals surface area contributed by atoms with Gasteiger partial charge in [0.25, 0.3) is 5.56 Å². The maximum absolute atomic E-state index is 14.5. The van der Waals surface area contributed by atoms with Crippen LogP contribution in [0, 0.1) is 5.82 Å². The van der Waals surface area contributed by atoms with E-state index < -0.39 is 6.09 Å². The summed E-state index contributed by atoms with van der Waals surface area (Å²) >= 11 is 0. The monoisotopic (exact) mass is 345 g/mol. The molecule has 0 bridgehead atoms. The summed E-state index contributed by atoms with van der Waals surface area (Å²) in [6.45, 7) is 2.71. The van der Waals surface area contributed by atoms with Crippen molar-refractivity contribution in [3.05, 3.63) is 46.0 Å². The quantitative estimate of drug-likeness (QED) is 0.892. The molecule has 0 aliphatic carbocycles. The number of carboxylic acid groups (broad SMARTS) is 1. The number of hydrogen-bond acceptors (Lipinski definition) is 3. The van der Waals surface area contributed by atoms with E-state index in [-0.39, 0.29) is 23.3 Å². The summed E-state index contributed by atoms with van der Waals surface area (Å²) in [7, 11) is 0. The molecule has 25 heavy (non-hydrogen) atoms. The van der Waals surface area contributed by atoms with E-state index in [1.54, 1.807) is 16.7 Å². The van der Waals surface area contributed by atoms with Crippen molar-refractivity contribution in [2.24, 2.45) is 0 Å². The molecule has 2 aliphatic rings. The third kappa shape index (κ3) is 2.89. The molecule has 0 spiro atoms. The standard InChI is InChI=1S/C18H20FN3O3/c19-14-3-1-11-2-4-15(23)22-10-12(16(14)17(11)22)9-21-7-5-13(6-8-21)20-18(24)25/h1-4,12-13,20H,5-10H2,(H,24,25).